The third-order valence-electron chi connectivity index (χ3n) is 4.53. The number of amides is 1. The van der Waals surface area contributed by atoms with Crippen LogP contribution >= 0.6 is 0 Å². The van der Waals surface area contributed by atoms with E-state index in [9.17, 15) is 4.79 Å². The van der Waals surface area contributed by atoms with Crippen molar-refractivity contribution >= 4 is 17.7 Å². The number of hydrogen-bond acceptors (Lipinski definition) is 4. The molecule has 2 heterocycles. The second kappa shape index (κ2) is 6.89. The summed E-state index contributed by atoms with van der Waals surface area (Å²) in [4.78, 5) is 16.6. The molecule has 0 saturated carbocycles. The fourth-order valence-electron chi connectivity index (χ4n) is 3.11. The van der Waals surface area contributed by atoms with E-state index < -0.39 is 0 Å². The highest BCUT2D eigenvalue weighted by Crippen LogP contribution is 2.32. The number of piperazine rings is 1. The second-order valence-electron chi connectivity index (χ2n) is 6.09. The number of benzene rings is 2. The van der Waals surface area contributed by atoms with Crippen molar-refractivity contribution in [3.63, 3.8) is 0 Å². The molecule has 0 radical (unpaired) electrons. The summed E-state index contributed by atoms with van der Waals surface area (Å²) in [5.41, 5.74) is 2.14. The van der Waals surface area contributed by atoms with Crippen LogP contribution in [0.25, 0.3) is 6.08 Å². The monoisotopic (exact) mass is 336 g/mol. The lowest BCUT2D eigenvalue weighted by Gasteiger charge is -2.35. The van der Waals surface area contributed by atoms with Gasteiger partial charge in [0, 0.05) is 37.9 Å². The first-order chi connectivity index (χ1) is 12.3. The number of ether oxygens (including phenoxy) is 2. The largest absolute Gasteiger partial charge is 0.454 e. The number of hydrogen-bond donors (Lipinski definition) is 0. The van der Waals surface area contributed by atoms with Crippen LogP contribution in [0.15, 0.2) is 54.6 Å². The lowest BCUT2D eigenvalue weighted by molar-refractivity contribution is -0.126. The molecule has 5 nitrogen and oxygen atoms in total. The molecule has 0 unspecified atom stereocenters. The Balaban J connectivity index is 1.34. The second-order valence-corrected chi connectivity index (χ2v) is 6.09. The Labute approximate surface area is 147 Å². The summed E-state index contributed by atoms with van der Waals surface area (Å²) >= 11 is 0. The highest BCUT2D eigenvalue weighted by Gasteiger charge is 2.19. The van der Waals surface area contributed by atoms with Crippen LogP contribution in [0.4, 0.5) is 5.69 Å². The van der Waals surface area contributed by atoms with Gasteiger partial charge < -0.3 is 19.3 Å². The van der Waals surface area contributed by atoms with E-state index in [1.165, 1.54) is 5.69 Å². The van der Waals surface area contributed by atoms with E-state index >= 15 is 0 Å². The standard InChI is InChI=1S/C20H20N2O3/c23-20(9-7-16-6-8-18-19(14-16)25-15-24-18)22-12-10-21(11-13-22)17-4-2-1-3-5-17/h1-9,14H,10-13,15H2. The fraction of sp³-hybridized carbons (Fsp3) is 0.250. The van der Waals surface area contributed by atoms with Crippen molar-refractivity contribution in [2.45, 2.75) is 0 Å². The minimum absolute atomic E-state index is 0.0466. The normalized spacial score (nSPS) is 16.5. The fourth-order valence-corrected chi connectivity index (χ4v) is 3.11. The van der Waals surface area contributed by atoms with E-state index in [-0.39, 0.29) is 12.7 Å². The van der Waals surface area contributed by atoms with Crippen molar-refractivity contribution in [2.75, 3.05) is 37.9 Å². The molecule has 1 fully saturated rings. The van der Waals surface area contributed by atoms with Crippen molar-refractivity contribution in [2.24, 2.45) is 0 Å². The molecule has 0 N–H and O–H groups in total. The Hall–Kier alpha value is -2.95. The van der Waals surface area contributed by atoms with Crippen molar-refractivity contribution in [3.05, 3.63) is 60.2 Å². The lowest BCUT2D eigenvalue weighted by atomic mass is 10.2. The molecule has 5 heteroatoms. The van der Waals surface area contributed by atoms with Gasteiger partial charge in [-0.15, -0.1) is 0 Å². The molecule has 2 aliphatic rings. The molecule has 0 aliphatic carbocycles. The number of carbonyl (C=O) groups excluding carboxylic acids is 1. The molecular weight excluding hydrogens is 316 g/mol. The van der Waals surface area contributed by atoms with Gasteiger partial charge in [-0.05, 0) is 35.9 Å². The topological polar surface area (TPSA) is 42.0 Å². The van der Waals surface area contributed by atoms with Crippen LogP contribution in [0.1, 0.15) is 5.56 Å². The highest BCUT2D eigenvalue weighted by molar-refractivity contribution is 5.92. The zero-order valence-corrected chi connectivity index (χ0v) is 13.9. The number of nitrogens with zero attached hydrogens (tertiary/aromatic N) is 2. The average Bonchev–Trinajstić information content (AvgIpc) is 3.15. The summed E-state index contributed by atoms with van der Waals surface area (Å²) in [5, 5.41) is 0. The van der Waals surface area contributed by atoms with Crippen LogP contribution < -0.4 is 14.4 Å². The Morgan fingerprint density at radius 1 is 0.920 bits per heavy atom. The molecule has 0 bridgehead atoms. The minimum atomic E-state index is 0.0466. The van der Waals surface area contributed by atoms with Gasteiger partial charge in [0.15, 0.2) is 11.5 Å². The van der Waals surface area contributed by atoms with Crippen LogP contribution in [0, 0.1) is 0 Å². The first-order valence-corrected chi connectivity index (χ1v) is 8.46. The molecule has 1 amide bonds. The van der Waals surface area contributed by atoms with E-state index in [1.807, 2.05) is 47.4 Å². The molecule has 0 atom stereocenters. The summed E-state index contributed by atoms with van der Waals surface area (Å²) in [7, 11) is 0. The van der Waals surface area contributed by atoms with Gasteiger partial charge in [0.05, 0.1) is 0 Å². The van der Waals surface area contributed by atoms with Gasteiger partial charge in [-0.3, -0.25) is 4.79 Å². The summed E-state index contributed by atoms with van der Waals surface area (Å²) in [6.45, 7) is 3.44. The molecule has 128 valence electrons. The molecule has 0 aromatic heterocycles. The maximum Gasteiger partial charge on any atom is 0.246 e. The third kappa shape index (κ3) is 3.45. The van der Waals surface area contributed by atoms with E-state index in [0.717, 1.165) is 43.2 Å². The van der Waals surface area contributed by atoms with Crippen molar-refractivity contribution < 1.29 is 14.3 Å². The third-order valence-corrected chi connectivity index (χ3v) is 4.53. The van der Waals surface area contributed by atoms with E-state index in [0.29, 0.717) is 0 Å². The molecule has 2 aliphatic heterocycles. The molecule has 4 rings (SSSR count). The zero-order valence-electron chi connectivity index (χ0n) is 13.9. The number of anilines is 1. The lowest BCUT2D eigenvalue weighted by Crippen LogP contribution is -2.48. The van der Waals surface area contributed by atoms with Crippen molar-refractivity contribution in [3.8, 4) is 11.5 Å². The van der Waals surface area contributed by atoms with E-state index in [4.69, 9.17) is 9.47 Å². The van der Waals surface area contributed by atoms with Crippen molar-refractivity contribution in [1.29, 1.82) is 0 Å². The first kappa shape index (κ1) is 15.6. The van der Waals surface area contributed by atoms with Crippen molar-refractivity contribution in [1.82, 2.24) is 4.90 Å². The summed E-state index contributed by atoms with van der Waals surface area (Å²) in [5.74, 6) is 1.52. The van der Waals surface area contributed by atoms with Gasteiger partial charge in [-0.1, -0.05) is 24.3 Å². The first-order valence-electron chi connectivity index (χ1n) is 8.46. The predicted molar refractivity (Wildman–Crippen MR) is 96.8 cm³/mol. The molecule has 1 saturated heterocycles. The number of para-hydroxylation sites is 1. The van der Waals surface area contributed by atoms with Gasteiger partial charge in [0.25, 0.3) is 0 Å². The summed E-state index contributed by atoms with van der Waals surface area (Å²) < 4.78 is 10.7. The highest BCUT2D eigenvalue weighted by atomic mass is 16.7. The average molecular weight is 336 g/mol. The predicted octanol–water partition coefficient (Wildman–Crippen LogP) is 2.78. The molecule has 0 spiro atoms. The SMILES string of the molecule is O=C(C=Cc1ccc2c(c1)OCO2)N1CCN(c2ccccc2)CC1. The summed E-state index contributed by atoms with van der Waals surface area (Å²) in [6.07, 6.45) is 3.46. The summed E-state index contributed by atoms with van der Waals surface area (Å²) in [6, 6.07) is 16.0. The molecule has 2 aromatic rings. The number of carbonyl (C=O) groups is 1. The van der Waals surface area contributed by atoms with Gasteiger partial charge >= 0.3 is 0 Å². The Morgan fingerprint density at radius 2 is 1.68 bits per heavy atom. The Bertz CT molecular complexity index is 781. The number of fused-ring (bicyclic) bond motifs is 1. The van der Waals surface area contributed by atoms with Crippen LogP contribution in [0.3, 0.4) is 0 Å². The van der Waals surface area contributed by atoms with Crippen LogP contribution in [0.5, 0.6) is 11.5 Å². The van der Waals surface area contributed by atoms with Gasteiger partial charge in [0.2, 0.25) is 12.7 Å². The van der Waals surface area contributed by atoms with Crippen LogP contribution in [-0.2, 0) is 4.79 Å². The molecule has 2 aromatic carbocycles. The van der Waals surface area contributed by atoms with Crippen LogP contribution in [0.2, 0.25) is 0 Å². The van der Waals surface area contributed by atoms with E-state index in [1.54, 1.807) is 6.08 Å². The van der Waals surface area contributed by atoms with Crippen LogP contribution in [-0.4, -0.2) is 43.8 Å². The van der Waals surface area contributed by atoms with Gasteiger partial charge in [-0.25, -0.2) is 0 Å². The van der Waals surface area contributed by atoms with Gasteiger partial charge in [-0.2, -0.15) is 0 Å². The molecule has 25 heavy (non-hydrogen) atoms. The zero-order chi connectivity index (χ0) is 17.1. The maximum absolute atomic E-state index is 12.4. The quantitative estimate of drug-likeness (QED) is 0.809. The smallest absolute Gasteiger partial charge is 0.246 e. The number of rotatable bonds is 3. The van der Waals surface area contributed by atoms with E-state index in [2.05, 4.69) is 17.0 Å². The minimum Gasteiger partial charge on any atom is -0.454 e. The van der Waals surface area contributed by atoms with Gasteiger partial charge in [0.1, 0.15) is 0 Å². The Morgan fingerprint density at radius 3 is 2.48 bits per heavy atom. The maximum atomic E-state index is 12.4. The Kier molecular flexibility index (Phi) is 4.29. The molecular formula is C20H20N2O3.